The Balaban J connectivity index is 1.98. The van der Waals surface area contributed by atoms with E-state index in [9.17, 15) is 13.2 Å². The van der Waals surface area contributed by atoms with Crippen LogP contribution in [0.25, 0.3) is 0 Å². The Labute approximate surface area is 161 Å². The van der Waals surface area contributed by atoms with Crippen LogP contribution in [0.3, 0.4) is 0 Å². The molecule has 2 aromatic rings. The normalized spacial score (nSPS) is 11.4. The summed E-state index contributed by atoms with van der Waals surface area (Å²) < 4.78 is 32.7. The minimum atomic E-state index is -3.56. The number of sulfonamides is 1. The van der Waals surface area contributed by atoms with Crippen LogP contribution in [-0.2, 0) is 14.8 Å². The van der Waals surface area contributed by atoms with Crippen molar-refractivity contribution in [3.63, 3.8) is 0 Å². The molecule has 0 aliphatic heterocycles. The van der Waals surface area contributed by atoms with Crippen molar-refractivity contribution < 1.29 is 17.9 Å². The summed E-state index contributed by atoms with van der Waals surface area (Å²) in [5.74, 6) is 0.405. The van der Waals surface area contributed by atoms with Crippen LogP contribution in [0, 0.1) is 19.8 Å². The number of amides is 1. The summed E-state index contributed by atoms with van der Waals surface area (Å²) in [6.45, 7) is 7.78. The van der Waals surface area contributed by atoms with Crippen molar-refractivity contribution in [2.45, 2.75) is 32.6 Å². The lowest BCUT2D eigenvalue weighted by Gasteiger charge is -2.13. The zero-order valence-corrected chi connectivity index (χ0v) is 16.9. The fourth-order valence-corrected chi connectivity index (χ4v) is 3.67. The molecule has 2 aromatic carbocycles. The van der Waals surface area contributed by atoms with E-state index in [1.54, 1.807) is 19.1 Å². The molecule has 0 saturated heterocycles. The Morgan fingerprint density at radius 3 is 2.48 bits per heavy atom. The van der Waals surface area contributed by atoms with Gasteiger partial charge in [0, 0.05) is 12.2 Å². The number of benzene rings is 2. The average Bonchev–Trinajstić information content (AvgIpc) is 2.59. The van der Waals surface area contributed by atoms with E-state index in [0.29, 0.717) is 23.5 Å². The van der Waals surface area contributed by atoms with E-state index in [2.05, 4.69) is 10.0 Å². The van der Waals surface area contributed by atoms with Gasteiger partial charge in [-0.15, -0.1) is 0 Å². The molecule has 1 amide bonds. The Morgan fingerprint density at radius 2 is 1.85 bits per heavy atom. The molecule has 0 atom stereocenters. The minimum absolute atomic E-state index is 0.160. The van der Waals surface area contributed by atoms with Gasteiger partial charge in [0.25, 0.3) is 5.91 Å². The third kappa shape index (κ3) is 6.37. The average molecular weight is 391 g/mol. The molecule has 2 rings (SSSR count). The third-order valence-electron chi connectivity index (χ3n) is 3.80. The van der Waals surface area contributed by atoms with E-state index < -0.39 is 10.0 Å². The predicted molar refractivity (Wildman–Crippen MR) is 107 cm³/mol. The zero-order chi connectivity index (χ0) is 20.0. The van der Waals surface area contributed by atoms with Gasteiger partial charge in [-0.3, -0.25) is 4.79 Å². The topological polar surface area (TPSA) is 84.5 Å². The minimum Gasteiger partial charge on any atom is -0.483 e. The molecule has 0 bridgehead atoms. The fourth-order valence-electron chi connectivity index (χ4n) is 2.37. The first-order valence-electron chi connectivity index (χ1n) is 8.77. The summed E-state index contributed by atoms with van der Waals surface area (Å²) in [4.78, 5) is 12.2. The van der Waals surface area contributed by atoms with Gasteiger partial charge in [0.15, 0.2) is 6.61 Å². The molecule has 0 unspecified atom stereocenters. The monoisotopic (exact) mass is 390 g/mol. The molecule has 0 radical (unpaired) electrons. The van der Waals surface area contributed by atoms with E-state index in [4.69, 9.17) is 4.74 Å². The van der Waals surface area contributed by atoms with Gasteiger partial charge < -0.3 is 10.1 Å². The lowest BCUT2D eigenvalue weighted by atomic mass is 10.2. The molecule has 27 heavy (non-hydrogen) atoms. The second-order valence-corrected chi connectivity index (χ2v) is 8.65. The number of anilines is 1. The number of rotatable bonds is 8. The van der Waals surface area contributed by atoms with Gasteiger partial charge in [0.05, 0.1) is 4.90 Å². The molecule has 2 N–H and O–H groups in total. The number of aryl methyl sites for hydroxylation is 2. The van der Waals surface area contributed by atoms with Crippen LogP contribution in [0.2, 0.25) is 0 Å². The van der Waals surface area contributed by atoms with E-state index in [1.165, 1.54) is 12.1 Å². The van der Waals surface area contributed by atoms with Crippen molar-refractivity contribution in [1.82, 2.24) is 4.72 Å². The smallest absolute Gasteiger partial charge is 0.262 e. The van der Waals surface area contributed by atoms with Crippen molar-refractivity contribution in [2.24, 2.45) is 5.92 Å². The van der Waals surface area contributed by atoms with Crippen LogP contribution in [0.15, 0.2) is 47.4 Å². The summed E-state index contributed by atoms with van der Waals surface area (Å²) in [7, 11) is -3.56. The standard InChI is InChI=1S/C20H26N2O4S/c1-14(2)12-21-27(24,25)18-8-9-19(16(4)11-18)26-13-20(23)22-17-7-5-6-15(3)10-17/h5-11,14,21H,12-13H2,1-4H3,(H,22,23). The predicted octanol–water partition coefficient (Wildman–Crippen LogP) is 3.26. The van der Waals surface area contributed by atoms with Gasteiger partial charge in [-0.05, 0) is 61.2 Å². The molecule has 146 valence electrons. The zero-order valence-electron chi connectivity index (χ0n) is 16.1. The maximum absolute atomic E-state index is 12.3. The van der Waals surface area contributed by atoms with Gasteiger partial charge in [0.2, 0.25) is 10.0 Å². The van der Waals surface area contributed by atoms with E-state index in [-0.39, 0.29) is 23.3 Å². The SMILES string of the molecule is Cc1cccc(NC(=O)COc2ccc(S(=O)(=O)NCC(C)C)cc2C)c1. The van der Waals surface area contributed by atoms with Crippen molar-refractivity contribution in [3.8, 4) is 5.75 Å². The highest BCUT2D eigenvalue weighted by Crippen LogP contribution is 2.22. The van der Waals surface area contributed by atoms with Crippen LogP contribution in [0.1, 0.15) is 25.0 Å². The van der Waals surface area contributed by atoms with Crippen molar-refractivity contribution in [2.75, 3.05) is 18.5 Å². The fraction of sp³-hybridized carbons (Fsp3) is 0.350. The van der Waals surface area contributed by atoms with Crippen molar-refractivity contribution >= 4 is 21.6 Å². The summed E-state index contributed by atoms with van der Waals surface area (Å²) >= 11 is 0. The first-order valence-corrected chi connectivity index (χ1v) is 10.3. The number of hydrogen-bond donors (Lipinski definition) is 2. The molecule has 0 aliphatic carbocycles. The highest BCUT2D eigenvalue weighted by atomic mass is 32.2. The molecule has 0 aliphatic rings. The van der Waals surface area contributed by atoms with Crippen LogP contribution in [0.4, 0.5) is 5.69 Å². The maximum Gasteiger partial charge on any atom is 0.262 e. The number of carbonyl (C=O) groups excluding carboxylic acids is 1. The highest BCUT2D eigenvalue weighted by molar-refractivity contribution is 7.89. The van der Waals surface area contributed by atoms with E-state index in [1.807, 2.05) is 39.0 Å². The molecule has 0 spiro atoms. The molecular weight excluding hydrogens is 364 g/mol. The van der Waals surface area contributed by atoms with Gasteiger partial charge >= 0.3 is 0 Å². The molecule has 0 aromatic heterocycles. The number of ether oxygens (including phenoxy) is 1. The van der Waals surface area contributed by atoms with Crippen LogP contribution in [-0.4, -0.2) is 27.5 Å². The van der Waals surface area contributed by atoms with Gasteiger partial charge in [-0.2, -0.15) is 0 Å². The summed E-state index contributed by atoms with van der Waals surface area (Å²) in [5, 5.41) is 2.77. The van der Waals surface area contributed by atoms with Crippen molar-refractivity contribution in [1.29, 1.82) is 0 Å². The largest absolute Gasteiger partial charge is 0.483 e. The Morgan fingerprint density at radius 1 is 1.11 bits per heavy atom. The number of hydrogen-bond acceptors (Lipinski definition) is 4. The molecule has 0 saturated carbocycles. The van der Waals surface area contributed by atoms with E-state index >= 15 is 0 Å². The maximum atomic E-state index is 12.3. The van der Waals surface area contributed by atoms with Crippen molar-refractivity contribution in [3.05, 3.63) is 53.6 Å². The quantitative estimate of drug-likeness (QED) is 0.725. The van der Waals surface area contributed by atoms with E-state index in [0.717, 1.165) is 5.56 Å². The molecule has 6 nitrogen and oxygen atoms in total. The number of nitrogens with one attached hydrogen (secondary N) is 2. The van der Waals surface area contributed by atoms with Crippen LogP contribution >= 0.6 is 0 Å². The molecule has 7 heteroatoms. The van der Waals surface area contributed by atoms with Crippen LogP contribution in [0.5, 0.6) is 5.75 Å². The molecule has 0 heterocycles. The summed E-state index contributed by atoms with van der Waals surface area (Å²) in [5.41, 5.74) is 2.40. The summed E-state index contributed by atoms with van der Waals surface area (Å²) in [6.07, 6.45) is 0. The third-order valence-corrected chi connectivity index (χ3v) is 5.22. The Bertz CT molecular complexity index is 908. The molecular formula is C20H26N2O4S. The second kappa shape index (κ2) is 9.01. The highest BCUT2D eigenvalue weighted by Gasteiger charge is 2.16. The Kier molecular flexibility index (Phi) is 6.98. The number of carbonyl (C=O) groups is 1. The lowest BCUT2D eigenvalue weighted by molar-refractivity contribution is -0.118. The first-order chi connectivity index (χ1) is 12.7. The summed E-state index contributed by atoms with van der Waals surface area (Å²) in [6, 6.07) is 12.1. The van der Waals surface area contributed by atoms with Gasteiger partial charge in [-0.25, -0.2) is 13.1 Å². The lowest BCUT2D eigenvalue weighted by Crippen LogP contribution is -2.27. The first kappa shape index (κ1) is 20.9. The molecule has 0 fully saturated rings. The Hall–Kier alpha value is -2.38. The second-order valence-electron chi connectivity index (χ2n) is 6.88. The van der Waals surface area contributed by atoms with Crippen LogP contribution < -0.4 is 14.8 Å². The van der Waals surface area contributed by atoms with Gasteiger partial charge in [0.1, 0.15) is 5.75 Å². The van der Waals surface area contributed by atoms with Gasteiger partial charge in [-0.1, -0.05) is 26.0 Å².